The molecule has 1 aromatic heterocycles. The van der Waals surface area contributed by atoms with Crippen LogP contribution in [0.5, 0.6) is 0 Å². The summed E-state index contributed by atoms with van der Waals surface area (Å²) in [6.07, 6.45) is 1.44. The lowest BCUT2D eigenvalue weighted by Crippen LogP contribution is -2.28. The Balaban J connectivity index is 1.95. The van der Waals surface area contributed by atoms with Gasteiger partial charge in [0.05, 0.1) is 6.54 Å². The average Bonchev–Trinajstić information content (AvgIpc) is 3.06. The normalized spacial score (nSPS) is 19.0. The number of likely N-dealkylation sites (tertiary alicyclic amines) is 1. The van der Waals surface area contributed by atoms with E-state index in [0.717, 1.165) is 10.6 Å². The van der Waals surface area contributed by atoms with Gasteiger partial charge in [-0.2, -0.15) is 4.99 Å². The monoisotopic (exact) mass is 319 g/mol. The van der Waals surface area contributed by atoms with E-state index >= 15 is 0 Å². The van der Waals surface area contributed by atoms with Crippen molar-refractivity contribution in [3.63, 3.8) is 0 Å². The van der Waals surface area contributed by atoms with Crippen molar-refractivity contribution < 1.29 is 9.18 Å². The molecule has 0 radical (unpaired) electrons. The van der Waals surface area contributed by atoms with E-state index in [1.165, 1.54) is 21.8 Å². The summed E-state index contributed by atoms with van der Waals surface area (Å²) in [6.45, 7) is 4.60. The van der Waals surface area contributed by atoms with Gasteiger partial charge in [-0.25, -0.2) is 9.18 Å². The van der Waals surface area contributed by atoms with Crippen molar-refractivity contribution in [1.29, 1.82) is 0 Å². The fraction of sp³-hybridized carbons (Fsp3) is 0.375. The number of aryl methyl sites for hydroxylation is 2. The Labute approximate surface area is 132 Å². The first-order chi connectivity index (χ1) is 10.5. The molecule has 22 heavy (non-hydrogen) atoms. The Bertz CT molecular complexity index is 747. The van der Waals surface area contributed by atoms with Crippen LogP contribution in [0.15, 0.2) is 35.5 Å². The lowest BCUT2D eigenvalue weighted by Gasteiger charge is -2.10. The van der Waals surface area contributed by atoms with Gasteiger partial charge in [-0.15, -0.1) is 11.3 Å². The number of hydrogen-bond donors (Lipinski definition) is 0. The number of urea groups is 1. The molecular formula is C16H18FN3OS. The highest BCUT2D eigenvalue weighted by atomic mass is 32.1. The molecule has 0 unspecified atom stereocenters. The maximum atomic E-state index is 13.2. The molecule has 2 heterocycles. The molecule has 1 aliphatic rings. The van der Waals surface area contributed by atoms with E-state index in [0.29, 0.717) is 17.8 Å². The van der Waals surface area contributed by atoms with Gasteiger partial charge in [-0.1, -0.05) is 17.7 Å². The van der Waals surface area contributed by atoms with Crippen molar-refractivity contribution in [2.75, 3.05) is 13.1 Å². The van der Waals surface area contributed by atoms with Crippen molar-refractivity contribution in [1.82, 2.24) is 9.47 Å². The van der Waals surface area contributed by atoms with Crippen LogP contribution >= 0.6 is 11.3 Å². The number of rotatable bonds is 1. The summed E-state index contributed by atoms with van der Waals surface area (Å²) >= 11 is 1.46. The van der Waals surface area contributed by atoms with E-state index in [1.54, 1.807) is 0 Å². The quantitative estimate of drug-likeness (QED) is 0.795. The minimum atomic E-state index is -0.923. The maximum Gasteiger partial charge on any atom is 0.346 e. The van der Waals surface area contributed by atoms with Crippen LogP contribution in [-0.2, 0) is 0 Å². The Hall–Kier alpha value is -1.95. The van der Waals surface area contributed by atoms with Crippen LogP contribution in [-0.4, -0.2) is 34.8 Å². The fourth-order valence-electron chi connectivity index (χ4n) is 2.47. The molecule has 3 rings (SSSR count). The smallest absolute Gasteiger partial charge is 0.320 e. The molecule has 0 aliphatic carbocycles. The number of carbonyl (C=O) groups is 1. The van der Waals surface area contributed by atoms with Gasteiger partial charge in [-0.05, 0) is 32.4 Å². The zero-order valence-corrected chi connectivity index (χ0v) is 13.4. The predicted molar refractivity (Wildman–Crippen MR) is 85.2 cm³/mol. The van der Waals surface area contributed by atoms with Crippen molar-refractivity contribution in [3.8, 4) is 5.69 Å². The van der Waals surface area contributed by atoms with Gasteiger partial charge in [0.1, 0.15) is 6.17 Å². The van der Waals surface area contributed by atoms with Gasteiger partial charge >= 0.3 is 6.03 Å². The minimum Gasteiger partial charge on any atom is -0.320 e. The molecule has 4 nitrogen and oxygen atoms in total. The lowest BCUT2D eigenvalue weighted by molar-refractivity contribution is 0.213. The third kappa shape index (κ3) is 3.11. The first-order valence-electron chi connectivity index (χ1n) is 7.27. The number of hydrogen-bond acceptors (Lipinski definition) is 2. The van der Waals surface area contributed by atoms with Crippen LogP contribution in [0.3, 0.4) is 0 Å². The number of carbonyl (C=O) groups excluding carboxylic acids is 1. The number of aromatic nitrogens is 1. The molecule has 6 heteroatoms. The number of alkyl halides is 1. The van der Waals surface area contributed by atoms with E-state index in [1.807, 2.05) is 48.9 Å². The van der Waals surface area contributed by atoms with Crippen LogP contribution in [0.1, 0.15) is 16.9 Å². The Morgan fingerprint density at radius 2 is 2.05 bits per heavy atom. The summed E-state index contributed by atoms with van der Waals surface area (Å²) in [5.74, 6) is 0. The van der Waals surface area contributed by atoms with Crippen LogP contribution in [0, 0.1) is 13.8 Å². The summed E-state index contributed by atoms with van der Waals surface area (Å²) < 4.78 is 15.1. The third-order valence-electron chi connectivity index (χ3n) is 3.67. The second-order valence-corrected chi connectivity index (χ2v) is 6.77. The molecular weight excluding hydrogens is 301 g/mol. The molecule has 116 valence electrons. The second kappa shape index (κ2) is 6.04. The van der Waals surface area contributed by atoms with Crippen LogP contribution in [0.25, 0.3) is 5.69 Å². The first kappa shape index (κ1) is 15.0. The van der Waals surface area contributed by atoms with E-state index in [-0.39, 0.29) is 12.6 Å². The van der Waals surface area contributed by atoms with E-state index in [4.69, 9.17) is 0 Å². The molecule has 0 N–H and O–H groups in total. The van der Waals surface area contributed by atoms with E-state index in [2.05, 4.69) is 4.99 Å². The average molecular weight is 319 g/mol. The molecule has 0 bridgehead atoms. The van der Waals surface area contributed by atoms with Crippen molar-refractivity contribution in [2.45, 2.75) is 26.4 Å². The van der Waals surface area contributed by atoms with Gasteiger partial charge in [-0.3, -0.25) is 4.57 Å². The molecule has 1 aliphatic heterocycles. The fourth-order valence-corrected chi connectivity index (χ4v) is 3.29. The Morgan fingerprint density at radius 1 is 1.32 bits per heavy atom. The van der Waals surface area contributed by atoms with Gasteiger partial charge in [0, 0.05) is 23.3 Å². The van der Waals surface area contributed by atoms with Crippen LogP contribution in [0.2, 0.25) is 0 Å². The summed E-state index contributed by atoms with van der Waals surface area (Å²) in [4.78, 5) is 19.5. The molecule has 0 saturated carbocycles. The van der Waals surface area contributed by atoms with Crippen molar-refractivity contribution in [3.05, 3.63) is 45.7 Å². The molecule has 1 aromatic carbocycles. The summed E-state index contributed by atoms with van der Waals surface area (Å²) in [5.41, 5.74) is 2.14. The number of nitrogens with zero attached hydrogens (tertiary/aromatic N) is 3. The van der Waals surface area contributed by atoms with Crippen molar-refractivity contribution in [2.24, 2.45) is 4.99 Å². The van der Waals surface area contributed by atoms with Gasteiger partial charge < -0.3 is 4.90 Å². The number of benzene rings is 1. The van der Waals surface area contributed by atoms with Crippen LogP contribution in [0.4, 0.5) is 9.18 Å². The number of thiazole rings is 1. The molecule has 2 aromatic rings. The number of halogens is 1. The summed E-state index contributed by atoms with van der Waals surface area (Å²) in [6, 6.07) is 7.68. The van der Waals surface area contributed by atoms with Gasteiger partial charge in [0.15, 0.2) is 4.80 Å². The first-order valence-corrected chi connectivity index (χ1v) is 8.08. The lowest BCUT2D eigenvalue weighted by atomic mass is 10.2. The molecule has 1 saturated heterocycles. The summed E-state index contributed by atoms with van der Waals surface area (Å²) in [5, 5.41) is 0. The van der Waals surface area contributed by atoms with E-state index < -0.39 is 6.17 Å². The van der Waals surface area contributed by atoms with Gasteiger partial charge in [0.2, 0.25) is 0 Å². The predicted octanol–water partition coefficient (Wildman–Crippen LogP) is 3.22. The summed E-state index contributed by atoms with van der Waals surface area (Å²) in [7, 11) is 0. The molecule has 1 atom stereocenters. The Kier molecular flexibility index (Phi) is 4.11. The highest BCUT2D eigenvalue weighted by Gasteiger charge is 2.25. The van der Waals surface area contributed by atoms with Crippen molar-refractivity contribution >= 4 is 17.4 Å². The highest BCUT2D eigenvalue weighted by molar-refractivity contribution is 7.09. The molecule has 2 amide bonds. The zero-order chi connectivity index (χ0) is 15.7. The minimum absolute atomic E-state index is 0.150. The standard InChI is InChI=1S/C16H18FN3OS/c1-11-3-5-14(6-4-11)20-9-12(2)22-16(20)18-15(21)19-8-7-13(17)10-19/h3-6,9,13H,7-8,10H2,1-2H3/t13-/m1/s1. The van der Waals surface area contributed by atoms with E-state index in [9.17, 15) is 9.18 Å². The maximum absolute atomic E-state index is 13.2. The zero-order valence-electron chi connectivity index (χ0n) is 12.6. The molecule has 0 spiro atoms. The molecule has 1 fully saturated rings. The second-order valence-electron chi connectivity index (χ2n) is 5.56. The number of amides is 2. The largest absolute Gasteiger partial charge is 0.346 e. The topological polar surface area (TPSA) is 37.6 Å². The van der Waals surface area contributed by atoms with Crippen LogP contribution < -0.4 is 4.80 Å². The highest BCUT2D eigenvalue weighted by Crippen LogP contribution is 2.14. The third-order valence-corrected chi connectivity index (χ3v) is 4.57. The SMILES string of the molecule is Cc1ccc(-n2cc(C)sc2=NC(=O)N2CC[C@@H](F)C2)cc1. The van der Waals surface area contributed by atoms with Gasteiger partial charge in [0.25, 0.3) is 0 Å². The Morgan fingerprint density at radius 3 is 2.68 bits per heavy atom.